The van der Waals surface area contributed by atoms with Crippen LogP contribution in [0, 0.1) is 5.82 Å². The number of hydrogen-bond acceptors (Lipinski definition) is 7. The van der Waals surface area contributed by atoms with Crippen LogP contribution < -0.4 is 19.5 Å². The van der Waals surface area contributed by atoms with Crippen LogP contribution in [-0.4, -0.2) is 51.5 Å². The molecule has 0 spiro atoms. The summed E-state index contributed by atoms with van der Waals surface area (Å²) in [6.45, 7) is -0.256. The first-order chi connectivity index (χ1) is 18.8. The van der Waals surface area contributed by atoms with E-state index in [1.54, 1.807) is 48.5 Å². The van der Waals surface area contributed by atoms with Crippen molar-refractivity contribution in [3.8, 4) is 11.5 Å². The normalized spacial score (nSPS) is 21.8. The predicted molar refractivity (Wildman–Crippen MR) is 141 cm³/mol. The van der Waals surface area contributed by atoms with Gasteiger partial charge < -0.3 is 24.6 Å². The van der Waals surface area contributed by atoms with E-state index in [0.717, 1.165) is 5.56 Å². The molecule has 2 heterocycles. The average Bonchev–Trinajstić information content (AvgIpc) is 3.30. The van der Waals surface area contributed by atoms with Crippen molar-refractivity contribution < 1.29 is 36.9 Å². The van der Waals surface area contributed by atoms with E-state index in [1.807, 2.05) is 0 Å². The molecule has 0 saturated carbocycles. The molecule has 5 rings (SSSR count). The summed E-state index contributed by atoms with van der Waals surface area (Å²) in [5.74, 6) is 0.0617. The van der Waals surface area contributed by atoms with Crippen LogP contribution in [0.3, 0.4) is 0 Å². The molecule has 3 aromatic carbocycles. The van der Waals surface area contributed by atoms with Crippen molar-refractivity contribution in [3.05, 3.63) is 83.7 Å². The van der Waals surface area contributed by atoms with Crippen LogP contribution in [0.1, 0.15) is 29.9 Å². The highest BCUT2D eigenvalue weighted by Crippen LogP contribution is 2.47. The summed E-state index contributed by atoms with van der Waals surface area (Å²) < 4.78 is 59.7. The van der Waals surface area contributed by atoms with E-state index in [-0.39, 0.29) is 36.3 Å². The first-order valence-corrected chi connectivity index (χ1v) is 14.0. The van der Waals surface area contributed by atoms with Crippen molar-refractivity contribution in [2.24, 2.45) is 0 Å². The zero-order chi connectivity index (χ0) is 27.6. The molecule has 1 fully saturated rings. The molecule has 3 N–H and O–H groups in total. The molecular formula is C28H29FN2O7S. The van der Waals surface area contributed by atoms with Crippen molar-refractivity contribution in [1.29, 1.82) is 0 Å². The average molecular weight is 557 g/mol. The van der Waals surface area contributed by atoms with E-state index in [1.165, 1.54) is 25.3 Å². The molecule has 1 saturated heterocycles. The molecule has 0 aliphatic carbocycles. The number of halogens is 1. The molecule has 0 aromatic heterocycles. The van der Waals surface area contributed by atoms with Crippen LogP contribution in [0.5, 0.6) is 11.5 Å². The van der Waals surface area contributed by atoms with E-state index in [4.69, 9.17) is 14.2 Å². The summed E-state index contributed by atoms with van der Waals surface area (Å²) in [5.41, 5.74) is 1.50. The minimum absolute atomic E-state index is 0.0195. The summed E-state index contributed by atoms with van der Waals surface area (Å²) in [5, 5.41) is 12.7. The smallest absolute Gasteiger partial charge is 0.262 e. The second-order valence-corrected chi connectivity index (χ2v) is 11.2. The van der Waals surface area contributed by atoms with Gasteiger partial charge in [-0.25, -0.2) is 12.8 Å². The number of benzene rings is 3. The van der Waals surface area contributed by atoms with Crippen LogP contribution in [0.25, 0.3) is 0 Å². The summed E-state index contributed by atoms with van der Waals surface area (Å²) in [6, 6.07) is 17.4. The van der Waals surface area contributed by atoms with E-state index in [2.05, 4.69) is 10.0 Å². The highest BCUT2D eigenvalue weighted by Gasteiger charge is 2.46. The third-order valence-electron chi connectivity index (χ3n) is 6.95. The number of amides is 1. The fraction of sp³-hybridized carbons (Fsp3) is 0.321. The van der Waals surface area contributed by atoms with Crippen molar-refractivity contribution >= 4 is 21.6 Å². The number of fused-ring (bicyclic) bond motifs is 3. The number of aliphatic hydroxyl groups is 1. The maximum Gasteiger partial charge on any atom is 0.262 e. The molecule has 2 aliphatic rings. The Morgan fingerprint density at radius 2 is 1.95 bits per heavy atom. The first-order valence-electron chi connectivity index (χ1n) is 12.5. The van der Waals surface area contributed by atoms with Gasteiger partial charge in [-0.1, -0.05) is 24.3 Å². The van der Waals surface area contributed by atoms with Crippen LogP contribution in [-0.2, 0) is 26.1 Å². The summed E-state index contributed by atoms with van der Waals surface area (Å²) >= 11 is 0. The molecular weight excluding hydrogens is 527 g/mol. The van der Waals surface area contributed by atoms with Crippen molar-refractivity contribution in [2.75, 3.05) is 18.4 Å². The second-order valence-electron chi connectivity index (χ2n) is 9.51. The number of nitrogens with one attached hydrogen (secondary N) is 2. The van der Waals surface area contributed by atoms with Gasteiger partial charge >= 0.3 is 0 Å². The Hall–Kier alpha value is -3.67. The summed E-state index contributed by atoms with van der Waals surface area (Å²) in [6.07, 6.45) is -1.22. The van der Waals surface area contributed by atoms with Crippen LogP contribution in [0.2, 0.25) is 0 Å². The lowest BCUT2D eigenvalue weighted by Gasteiger charge is -2.37. The van der Waals surface area contributed by atoms with Gasteiger partial charge in [0, 0.05) is 35.3 Å². The first kappa shape index (κ1) is 26.9. The lowest BCUT2D eigenvalue weighted by atomic mass is 9.84. The van der Waals surface area contributed by atoms with Gasteiger partial charge in [0.1, 0.15) is 29.5 Å². The Balaban J connectivity index is 1.29. The van der Waals surface area contributed by atoms with Crippen molar-refractivity contribution in [2.45, 2.75) is 48.5 Å². The topological polar surface area (TPSA) is 123 Å². The molecule has 4 atom stereocenters. The maximum atomic E-state index is 13.9. The van der Waals surface area contributed by atoms with Gasteiger partial charge in [0.25, 0.3) is 10.0 Å². The number of carbonyl (C=O) groups excluding carboxylic acids is 1. The van der Waals surface area contributed by atoms with Gasteiger partial charge in [-0.2, -0.15) is 0 Å². The quantitative estimate of drug-likeness (QED) is 0.370. The summed E-state index contributed by atoms with van der Waals surface area (Å²) in [4.78, 5) is 12.7. The second kappa shape index (κ2) is 11.2. The number of anilines is 1. The zero-order valence-corrected chi connectivity index (χ0v) is 22.0. The number of methoxy groups -OCH3 is 1. The number of sulfonamides is 1. The fourth-order valence-electron chi connectivity index (χ4n) is 5.05. The Bertz CT molecular complexity index is 1470. The molecule has 11 heteroatoms. The Kier molecular flexibility index (Phi) is 7.74. The molecule has 3 aromatic rings. The standard InChI is InChI=1S/C28H29FN2O7S/c1-36-19-6-4-7-21(12-19)39(34,35)31-18-9-10-25-22(11-18)23-13-20(37-26(16-32)28(23)38-25)14-27(33)30-15-17-5-2-3-8-24(17)29/h2-12,20,23,26,28,31-32H,13-16H2,1H3,(H,30,33)/t20-,23-,26-,28+/m0/s1. The van der Waals surface area contributed by atoms with Gasteiger partial charge in [0.15, 0.2) is 0 Å². The lowest BCUT2D eigenvalue weighted by molar-refractivity contribution is -0.142. The lowest BCUT2D eigenvalue weighted by Crippen LogP contribution is -2.47. The molecule has 2 aliphatic heterocycles. The zero-order valence-electron chi connectivity index (χ0n) is 21.2. The molecule has 0 unspecified atom stereocenters. The van der Waals surface area contributed by atoms with Gasteiger partial charge in [0.05, 0.1) is 31.1 Å². The van der Waals surface area contributed by atoms with Crippen molar-refractivity contribution in [3.63, 3.8) is 0 Å². The third-order valence-corrected chi connectivity index (χ3v) is 8.33. The predicted octanol–water partition coefficient (Wildman–Crippen LogP) is 3.34. The Labute approximate surface area is 226 Å². The maximum absolute atomic E-state index is 13.9. The van der Waals surface area contributed by atoms with Gasteiger partial charge in [0.2, 0.25) is 5.91 Å². The number of ether oxygens (including phenoxy) is 3. The van der Waals surface area contributed by atoms with E-state index in [0.29, 0.717) is 29.2 Å². The molecule has 0 radical (unpaired) electrons. The monoisotopic (exact) mass is 556 g/mol. The number of carbonyl (C=O) groups is 1. The molecule has 1 amide bonds. The van der Waals surface area contributed by atoms with Gasteiger partial charge in [-0.3, -0.25) is 9.52 Å². The summed E-state index contributed by atoms with van der Waals surface area (Å²) in [7, 11) is -2.42. The minimum Gasteiger partial charge on any atom is -0.497 e. The van der Waals surface area contributed by atoms with E-state index < -0.39 is 34.2 Å². The fourth-order valence-corrected chi connectivity index (χ4v) is 6.13. The van der Waals surface area contributed by atoms with Crippen LogP contribution in [0.15, 0.2) is 71.6 Å². The van der Waals surface area contributed by atoms with Crippen LogP contribution in [0.4, 0.5) is 10.1 Å². The highest BCUT2D eigenvalue weighted by molar-refractivity contribution is 7.92. The van der Waals surface area contributed by atoms with E-state index in [9.17, 15) is 22.7 Å². The number of rotatable bonds is 9. The Morgan fingerprint density at radius 1 is 1.13 bits per heavy atom. The molecule has 39 heavy (non-hydrogen) atoms. The largest absolute Gasteiger partial charge is 0.497 e. The molecule has 0 bridgehead atoms. The molecule has 9 nitrogen and oxygen atoms in total. The van der Waals surface area contributed by atoms with Gasteiger partial charge in [-0.05, 0) is 42.8 Å². The van der Waals surface area contributed by atoms with Crippen LogP contribution >= 0.6 is 0 Å². The van der Waals surface area contributed by atoms with Gasteiger partial charge in [-0.15, -0.1) is 0 Å². The Morgan fingerprint density at radius 3 is 2.72 bits per heavy atom. The minimum atomic E-state index is -3.88. The number of hydrogen-bond donors (Lipinski definition) is 3. The van der Waals surface area contributed by atoms with E-state index >= 15 is 0 Å². The SMILES string of the molecule is COc1cccc(S(=O)(=O)Nc2ccc3c(c2)[C@@H]2C[C@@H](CC(=O)NCc4ccccc4F)O[C@@H](CO)[C@@H]2O3)c1. The highest BCUT2D eigenvalue weighted by atomic mass is 32.2. The van der Waals surface area contributed by atoms with Crippen molar-refractivity contribution in [1.82, 2.24) is 5.32 Å². The molecule has 206 valence electrons. The third kappa shape index (κ3) is 5.85. The number of aliphatic hydroxyl groups excluding tert-OH is 1.